The smallest absolute Gasteiger partial charge is 0.329 e. The van der Waals surface area contributed by atoms with Crippen molar-refractivity contribution in [3.05, 3.63) is 75.8 Å². The molecule has 0 fully saturated rings. The van der Waals surface area contributed by atoms with Gasteiger partial charge < -0.3 is 10.1 Å². The van der Waals surface area contributed by atoms with Crippen molar-refractivity contribution in [3.63, 3.8) is 0 Å². The number of ether oxygens (including phenoxy) is 1. The number of hydrogen-bond donors (Lipinski definition) is 1. The van der Waals surface area contributed by atoms with Crippen molar-refractivity contribution >= 4 is 23.3 Å². The Hall–Kier alpha value is -3.55. The minimum atomic E-state index is -0.922. The third-order valence-corrected chi connectivity index (χ3v) is 3.69. The molecular formula is C19H18N2O6. The second kappa shape index (κ2) is 9.23. The van der Waals surface area contributed by atoms with Crippen LogP contribution < -0.4 is 5.32 Å². The highest BCUT2D eigenvalue weighted by Crippen LogP contribution is 2.12. The zero-order valence-corrected chi connectivity index (χ0v) is 14.6. The van der Waals surface area contributed by atoms with Crippen LogP contribution in [0.25, 0.3) is 0 Å². The molecule has 0 saturated heterocycles. The summed E-state index contributed by atoms with van der Waals surface area (Å²) in [6, 6.07) is 13.1. The monoisotopic (exact) mass is 370 g/mol. The second-order valence-corrected chi connectivity index (χ2v) is 5.78. The molecule has 0 aliphatic rings. The summed E-state index contributed by atoms with van der Waals surface area (Å²) in [5.74, 6) is -1.63. The third kappa shape index (κ3) is 6.03. The Morgan fingerprint density at radius 3 is 2.26 bits per heavy atom. The number of nitrogens with one attached hydrogen (secondary N) is 1. The first-order chi connectivity index (χ1) is 12.9. The number of amides is 1. The van der Waals surface area contributed by atoms with Crippen LogP contribution in [0.3, 0.4) is 0 Å². The van der Waals surface area contributed by atoms with E-state index < -0.39 is 35.2 Å². The van der Waals surface area contributed by atoms with E-state index in [9.17, 15) is 24.5 Å². The molecule has 8 heteroatoms. The zero-order valence-electron chi connectivity index (χ0n) is 14.6. The first-order valence-corrected chi connectivity index (χ1v) is 8.12. The van der Waals surface area contributed by atoms with Gasteiger partial charge in [0.25, 0.3) is 5.69 Å². The average Bonchev–Trinajstić information content (AvgIpc) is 2.65. The Bertz CT molecular complexity index is 833. The molecule has 0 radical (unpaired) electrons. The van der Waals surface area contributed by atoms with E-state index in [1.165, 1.54) is 31.2 Å². The Balaban J connectivity index is 1.98. The van der Waals surface area contributed by atoms with Crippen LogP contribution in [0.15, 0.2) is 54.6 Å². The number of nitro groups is 1. The van der Waals surface area contributed by atoms with Crippen molar-refractivity contribution in [2.24, 2.45) is 0 Å². The molecule has 0 bridgehead atoms. The van der Waals surface area contributed by atoms with Gasteiger partial charge in [-0.1, -0.05) is 30.3 Å². The van der Waals surface area contributed by atoms with Crippen molar-refractivity contribution < 1.29 is 24.0 Å². The van der Waals surface area contributed by atoms with E-state index in [1.807, 2.05) is 30.3 Å². The molecule has 140 valence electrons. The van der Waals surface area contributed by atoms with Crippen molar-refractivity contribution in [2.45, 2.75) is 19.4 Å². The van der Waals surface area contributed by atoms with Gasteiger partial charge in [-0.25, -0.2) is 4.79 Å². The highest BCUT2D eigenvalue weighted by molar-refractivity contribution is 5.98. The largest absolute Gasteiger partial charge is 0.456 e. The van der Waals surface area contributed by atoms with Gasteiger partial charge in [0.2, 0.25) is 5.91 Å². The molecule has 27 heavy (non-hydrogen) atoms. The summed E-state index contributed by atoms with van der Waals surface area (Å²) in [6.07, 6.45) is 0.227. The fourth-order valence-electron chi connectivity index (χ4n) is 2.38. The van der Waals surface area contributed by atoms with Crippen LogP contribution in [0.5, 0.6) is 0 Å². The molecule has 0 aliphatic carbocycles. The number of rotatable bonds is 8. The molecule has 2 aromatic carbocycles. The minimum absolute atomic E-state index is 0.142. The molecular weight excluding hydrogens is 352 g/mol. The molecule has 0 unspecified atom stereocenters. The number of nitrogens with zero attached hydrogens (tertiary/aromatic N) is 1. The standard InChI is InChI=1S/C19H18N2O6/c1-13(22)20-17(11-14-5-3-2-4-6-14)19(24)27-12-18(23)15-7-9-16(10-8-15)21(25)26/h2-10,17H,11-12H2,1H3,(H,20,22)/t17-/m0/s1. The number of Topliss-reactive ketones (excluding diaryl/α,β-unsaturated/α-hetero) is 1. The highest BCUT2D eigenvalue weighted by atomic mass is 16.6. The lowest BCUT2D eigenvalue weighted by Crippen LogP contribution is -2.42. The summed E-state index contributed by atoms with van der Waals surface area (Å²) in [5, 5.41) is 13.1. The van der Waals surface area contributed by atoms with Gasteiger partial charge in [0.05, 0.1) is 4.92 Å². The maximum atomic E-state index is 12.3. The summed E-state index contributed by atoms with van der Waals surface area (Å²) < 4.78 is 5.03. The van der Waals surface area contributed by atoms with E-state index in [0.29, 0.717) is 0 Å². The number of carbonyl (C=O) groups excluding carboxylic acids is 3. The third-order valence-electron chi connectivity index (χ3n) is 3.69. The molecule has 1 amide bonds. The van der Waals surface area contributed by atoms with Gasteiger partial charge in [0.1, 0.15) is 6.04 Å². The molecule has 1 atom stereocenters. The lowest BCUT2D eigenvalue weighted by atomic mass is 10.1. The van der Waals surface area contributed by atoms with Crippen LogP contribution >= 0.6 is 0 Å². The highest BCUT2D eigenvalue weighted by Gasteiger charge is 2.22. The summed E-state index contributed by atoms with van der Waals surface area (Å²) in [7, 11) is 0. The van der Waals surface area contributed by atoms with Crippen LogP contribution in [0.1, 0.15) is 22.8 Å². The normalized spacial score (nSPS) is 11.3. The van der Waals surface area contributed by atoms with E-state index >= 15 is 0 Å². The number of non-ortho nitro benzene ring substituents is 1. The predicted molar refractivity (Wildman–Crippen MR) is 96.1 cm³/mol. The number of hydrogen-bond acceptors (Lipinski definition) is 6. The lowest BCUT2D eigenvalue weighted by Gasteiger charge is -2.16. The van der Waals surface area contributed by atoms with E-state index in [-0.39, 0.29) is 17.7 Å². The molecule has 0 aliphatic heterocycles. The SMILES string of the molecule is CC(=O)N[C@@H](Cc1ccccc1)C(=O)OCC(=O)c1ccc([N+](=O)[O-])cc1. The van der Waals surface area contributed by atoms with Crippen LogP contribution in [0.4, 0.5) is 5.69 Å². The quantitative estimate of drug-likeness (QED) is 0.329. The topological polar surface area (TPSA) is 116 Å². The lowest BCUT2D eigenvalue weighted by molar-refractivity contribution is -0.384. The Morgan fingerprint density at radius 1 is 1.07 bits per heavy atom. The molecule has 0 heterocycles. The fourth-order valence-corrected chi connectivity index (χ4v) is 2.38. The van der Waals surface area contributed by atoms with Crippen LogP contribution in [-0.2, 0) is 20.7 Å². The molecule has 1 N–H and O–H groups in total. The molecule has 8 nitrogen and oxygen atoms in total. The average molecular weight is 370 g/mol. The van der Waals surface area contributed by atoms with E-state index in [4.69, 9.17) is 4.74 Å². The van der Waals surface area contributed by atoms with E-state index in [1.54, 1.807) is 0 Å². The molecule has 0 aromatic heterocycles. The van der Waals surface area contributed by atoms with Gasteiger partial charge in [-0.15, -0.1) is 0 Å². The van der Waals surface area contributed by atoms with Crippen LogP contribution in [-0.4, -0.2) is 35.2 Å². The van der Waals surface area contributed by atoms with Gasteiger partial charge in [0.15, 0.2) is 12.4 Å². The maximum Gasteiger partial charge on any atom is 0.329 e. The van der Waals surface area contributed by atoms with E-state index in [0.717, 1.165) is 5.56 Å². The van der Waals surface area contributed by atoms with Crippen LogP contribution in [0.2, 0.25) is 0 Å². The Kier molecular flexibility index (Phi) is 6.76. The van der Waals surface area contributed by atoms with Gasteiger partial charge in [-0.3, -0.25) is 19.7 Å². The molecule has 0 spiro atoms. The fraction of sp³-hybridized carbons (Fsp3) is 0.211. The number of carbonyl (C=O) groups is 3. The van der Waals surface area contributed by atoms with Crippen molar-refractivity contribution in [2.75, 3.05) is 6.61 Å². The Morgan fingerprint density at radius 2 is 1.70 bits per heavy atom. The summed E-state index contributed by atoms with van der Waals surface area (Å²) in [6.45, 7) is 0.759. The van der Waals surface area contributed by atoms with Gasteiger partial charge in [-0.05, 0) is 17.7 Å². The molecule has 0 saturated carbocycles. The van der Waals surface area contributed by atoms with Gasteiger partial charge in [0, 0.05) is 31.0 Å². The first kappa shape index (κ1) is 19.8. The summed E-state index contributed by atoms with van der Waals surface area (Å²) in [4.78, 5) is 45.8. The van der Waals surface area contributed by atoms with E-state index in [2.05, 4.69) is 5.32 Å². The summed E-state index contributed by atoms with van der Waals surface area (Å²) in [5.41, 5.74) is 0.875. The van der Waals surface area contributed by atoms with Crippen LogP contribution in [0, 0.1) is 10.1 Å². The summed E-state index contributed by atoms with van der Waals surface area (Å²) >= 11 is 0. The van der Waals surface area contributed by atoms with Gasteiger partial charge >= 0.3 is 5.97 Å². The maximum absolute atomic E-state index is 12.3. The molecule has 2 aromatic rings. The number of benzene rings is 2. The number of nitro benzene ring substituents is 1. The zero-order chi connectivity index (χ0) is 19.8. The van der Waals surface area contributed by atoms with Crippen molar-refractivity contribution in [1.82, 2.24) is 5.32 Å². The number of ketones is 1. The van der Waals surface area contributed by atoms with Crippen molar-refractivity contribution in [1.29, 1.82) is 0 Å². The number of esters is 1. The predicted octanol–water partition coefficient (Wildman–Crippen LogP) is 2.07. The first-order valence-electron chi connectivity index (χ1n) is 8.12. The minimum Gasteiger partial charge on any atom is -0.456 e. The second-order valence-electron chi connectivity index (χ2n) is 5.78. The van der Waals surface area contributed by atoms with Gasteiger partial charge in [-0.2, -0.15) is 0 Å². The Labute approximate surface area is 155 Å². The van der Waals surface area contributed by atoms with Crippen molar-refractivity contribution in [3.8, 4) is 0 Å². The molecule has 2 rings (SSSR count).